The van der Waals surface area contributed by atoms with E-state index in [0.717, 1.165) is 16.6 Å². The quantitative estimate of drug-likeness (QED) is 0.652. The van der Waals surface area contributed by atoms with Gasteiger partial charge in [0, 0.05) is 18.0 Å². The van der Waals surface area contributed by atoms with Gasteiger partial charge in [-0.2, -0.15) is 0 Å². The molecule has 0 spiro atoms. The smallest absolute Gasteiger partial charge is 0.296 e. The second-order valence-electron chi connectivity index (χ2n) is 3.20. The number of rotatable bonds is 1. The standard InChI is InChI=1S/C10H6N4O2/c15-10-13-9(14-16-10)6-1-2-7-8(5-6)12-4-3-11-7/h1-5H,(H,13,14,15). The number of H-pyrrole nitrogens is 1. The van der Waals surface area contributed by atoms with Gasteiger partial charge in [0.15, 0.2) is 5.82 Å². The van der Waals surface area contributed by atoms with Gasteiger partial charge in [-0.05, 0) is 18.2 Å². The molecule has 3 aromatic rings. The Hall–Kier alpha value is -2.50. The summed E-state index contributed by atoms with van der Waals surface area (Å²) in [6.45, 7) is 0. The maximum atomic E-state index is 10.8. The Morgan fingerprint density at radius 2 is 1.94 bits per heavy atom. The van der Waals surface area contributed by atoms with Gasteiger partial charge in [0.05, 0.1) is 11.0 Å². The van der Waals surface area contributed by atoms with E-state index >= 15 is 0 Å². The van der Waals surface area contributed by atoms with E-state index < -0.39 is 5.76 Å². The minimum Gasteiger partial charge on any atom is -0.296 e. The number of hydrogen-bond acceptors (Lipinski definition) is 5. The van der Waals surface area contributed by atoms with Crippen molar-refractivity contribution in [3.63, 3.8) is 0 Å². The summed E-state index contributed by atoms with van der Waals surface area (Å²) < 4.78 is 4.43. The Labute approximate surface area is 89.0 Å². The first-order valence-electron chi connectivity index (χ1n) is 4.60. The van der Waals surface area contributed by atoms with E-state index in [-0.39, 0.29) is 0 Å². The van der Waals surface area contributed by atoms with Gasteiger partial charge >= 0.3 is 5.76 Å². The molecule has 0 unspecified atom stereocenters. The highest BCUT2D eigenvalue weighted by molar-refractivity contribution is 5.79. The Balaban J connectivity index is 2.22. The van der Waals surface area contributed by atoms with Gasteiger partial charge in [-0.25, -0.2) is 4.79 Å². The molecule has 16 heavy (non-hydrogen) atoms. The van der Waals surface area contributed by atoms with Crippen molar-refractivity contribution >= 4 is 11.0 Å². The van der Waals surface area contributed by atoms with E-state index in [1.807, 2.05) is 6.07 Å². The Bertz CT molecular complexity index is 701. The fourth-order valence-electron chi connectivity index (χ4n) is 1.46. The molecule has 2 heterocycles. The van der Waals surface area contributed by atoms with Crippen LogP contribution in [-0.4, -0.2) is 20.1 Å². The largest absolute Gasteiger partial charge is 0.439 e. The average molecular weight is 214 g/mol. The number of aromatic amines is 1. The molecule has 2 aromatic heterocycles. The Morgan fingerprint density at radius 3 is 2.69 bits per heavy atom. The zero-order valence-electron chi connectivity index (χ0n) is 8.04. The fraction of sp³-hybridized carbons (Fsp3) is 0. The van der Waals surface area contributed by atoms with Gasteiger partial charge in [-0.3, -0.25) is 19.5 Å². The highest BCUT2D eigenvalue weighted by Crippen LogP contribution is 2.17. The van der Waals surface area contributed by atoms with E-state index in [9.17, 15) is 4.79 Å². The summed E-state index contributed by atoms with van der Waals surface area (Å²) >= 11 is 0. The molecule has 0 saturated carbocycles. The zero-order chi connectivity index (χ0) is 11.0. The predicted octanol–water partition coefficient (Wildman–Crippen LogP) is 0.973. The van der Waals surface area contributed by atoms with Crippen molar-refractivity contribution in [2.45, 2.75) is 0 Å². The summed E-state index contributed by atoms with van der Waals surface area (Å²) in [4.78, 5) is 21.6. The molecule has 0 bridgehead atoms. The topological polar surface area (TPSA) is 84.7 Å². The molecule has 78 valence electrons. The lowest BCUT2D eigenvalue weighted by molar-refractivity contribution is 0.388. The first-order valence-corrected chi connectivity index (χ1v) is 4.60. The third-order valence-corrected chi connectivity index (χ3v) is 2.18. The molecule has 0 aliphatic carbocycles. The molecule has 0 fully saturated rings. The number of benzene rings is 1. The molecule has 0 amide bonds. The molecule has 0 radical (unpaired) electrons. The summed E-state index contributed by atoms with van der Waals surface area (Å²) in [7, 11) is 0. The van der Waals surface area contributed by atoms with Crippen molar-refractivity contribution in [3.05, 3.63) is 41.1 Å². The van der Waals surface area contributed by atoms with Crippen LogP contribution in [0.3, 0.4) is 0 Å². The lowest BCUT2D eigenvalue weighted by atomic mass is 10.2. The normalized spacial score (nSPS) is 10.8. The van der Waals surface area contributed by atoms with Crippen molar-refractivity contribution < 1.29 is 4.52 Å². The van der Waals surface area contributed by atoms with Crippen LogP contribution in [0.2, 0.25) is 0 Å². The lowest BCUT2D eigenvalue weighted by Gasteiger charge is -1.97. The minimum atomic E-state index is -0.575. The van der Waals surface area contributed by atoms with Crippen LogP contribution >= 0.6 is 0 Å². The van der Waals surface area contributed by atoms with Crippen molar-refractivity contribution in [2.75, 3.05) is 0 Å². The van der Waals surface area contributed by atoms with Crippen molar-refractivity contribution in [1.82, 2.24) is 20.1 Å². The van der Waals surface area contributed by atoms with Crippen LogP contribution < -0.4 is 5.76 Å². The number of nitrogens with zero attached hydrogens (tertiary/aromatic N) is 3. The van der Waals surface area contributed by atoms with E-state index in [1.165, 1.54) is 0 Å². The summed E-state index contributed by atoms with van der Waals surface area (Å²) in [6, 6.07) is 5.39. The van der Waals surface area contributed by atoms with Crippen LogP contribution in [0.15, 0.2) is 39.9 Å². The van der Waals surface area contributed by atoms with Crippen molar-refractivity contribution in [1.29, 1.82) is 0 Å². The SMILES string of the molecule is O=c1[nH]c(-c2ccc3nccnc3c2)no1. The third-order valence-electron chi connectivity index (χ3n) is 2.18. The van der Waals surface area contributed by atoms with Crippen LogP contribution in [0.4, 0.5) is 0 Å². The molecule has 1 aromatic carbocycles. The Kier molecular flexibility index (Phi) is 1.79. The molecular weight excluding hydrogens is 208 g/mol. The van der Waals surface area contributed by atoms with E-state index in [1.54, 1.807) is 24.5 Å². The monoisotopic (exact) mass is 214 g/mol. The molecule has 0 aliphatic rings. The van der Waals surface area contributed by atoms with Crippen LogP contribution in [0, 0.1) is 0 Å². The minimum absolute atomic E-state index is 0.387. The zero-order valence-corrected chi connectivity index (χ0v) is 8.04. The molecule has 6 nitrogen and oxygen atoms in total. The second-order valence-corrected chi connectivity index (χ2v) is 3.20. The fourth-order valence-corrected chi connectivity index (χ4v) is 1.46. The number of fused-ring (bicyclic) bond motifs is 1. The number of aromatic nitrogens is 4. The molecule has 6 heteroatoms. The van der Waals surface area contributed by atoms with E-state index in [2.05, 4.69) is 24.6 Å². The number of hydrogen-bond donors (Lipinski definition) is 1. The highest BCUT2D eigenvalue weighted by atomic mass is 16.5. The third kappa shape index (κ3) is 1.36. The first kappa shape index (κ1) is 8.78. The maximum Gasteiger partial charge on any atom is 0.439 e. The predicted molar refractivity (Wildman–Crippen MR) is 55.7 cm³/mol. The molecule has 0 saturated heterocycles. The van der Waals surface area contributed by atoms with E-state index in [0.29, 0.717) is 5.82 Å². The van der Waals surface area contributed by atoms with Crippen LogP contribution in [0.5, 0.6) is 0 Å². The summed E-state index contributed by atoms with van der Waals surface area (Å²) in [6.07, 6.45) is 3.23. The van der Waals surface area contributed by atoms with Crippen LogP contribution in [0.1, 0.15) is 0 Å². The summed E-state index contributed by atoms with van der Waals surface area (Å²) in [5.41, 5.74) is 2.26. The highest BCUT2D eigenvalue weighted by Gasteiger charge is 2.05. The summed E-state index contributed by atoms with van der Waals surface area (Å²) in [5, 5.41) is 3.60. The van der Waals surface area contributed by atoms with Crippen molar-refractivity contribution in [3.8, 4) is 11.4 Å². The Morgan fingerprint density at radius 1 is 1.12 bits per heavy atom. The van der Waals surface area contributed by atoms with Gasteiger partial charge < -0.3 is 0 Å². The van der Waals surface area contributed by atoms with Gasteiger partial charge in [0.1, 0.15) is 0 Å². The molecular formula is C10H6N4O2. The summed E-state index contributed by atoms with van der Waals surface area (Å²) in [5.74, 6) is -0.188. The first-order chi connectivity index (χ1) is 7.83. The van der Waals surface area contributed by atoms with Crippen LogP contribution in [0.25, 0.3) is 22.4 Å². The van der Waals surface area contributed by atoms with Crippen LogP contribution in [-0.2, 0) is 0 Å². The van der Waals surface area contributed by atoms with E-state index in [4.69, 9.17) is 0 Å². The lowest BCUT2D eigenvalue weighted by Crippen LogP contribution is -1.94. The van der Waals surface area contributed by atoms with Gasteiger partial charge in [-0.15, -0.1) is 0 Å². The second kappa shape index (κ2) is 3.27. The average Bonchev–Trinajstić information content (AvgIpc) is 2.75. The van der Waals surface area contributed by atoms with Gasteiger partial charge in [0.2, 0.25) is 0 Å². The molecule has 1 N–H and O–H groups in total. The van der Waals surface area contributed by atoms with Gasteiger partial charge in [-0.1, -0.05) is 5.16 Å². The molecule has 0 aliphatic heterocycles. The van der Waals surface area contributed by atoms with Gasteiger partial charge in [0.25, 0.3) is 0 Å². The number of nitrogens with one attached hydrogen (secondary N) is 1. The van der Waals surface area contributed by atoms with Crippen molar-refractivity contribution in [2.24, 2.45) is 0 Å². The molecule has 0 atom stereocenters. The molecule has 3 rings (SSSR count). The maximum absolute atomic E-state index is 10.8.